The van der Waals surface area contributed by atoms with Crippen molar-refractivity contribution in [1.29, 1.82) is 0 Å². The monoisotopic (exact) mass is 256 g/mol. The number of aliphatic carboxylic acids is 1. The topological polar surface area (TPSA) is 53.0 Å². The van der Waals surface area contributed by atoms with Gasteiger partial charge < -0.3 is 9.84 Å². The van der Waals surface area contributed by atoms with Crippen LogP contribution in [0.3, 0.4) is 0 Å². The molecule has 2 saturated heterocycles. The average molecular weight is 256 g/mol. The molecule has 0 radical (unpaired) electrons. The van der Waals surface area contributed by atoms with Crippen molar-refractivity contribution in [3.05, 3.63) is 0 Å². The van der Waals surface area contributed by atoms with Crippen LogP contribution >= 0.6 is 0 Å². The summed E-state index contributed by atoms with van der Waals surface area (Å²) >= 11 is 0. The predicted molar refractivity (Wildman–Crippen MR) is 68.6 cm³/mol. The van der Waals surface area contributed by atoms with E-state index in [1.54, 1.807) is 0 Å². The fourth-order valence-corrected chi connectivity index (χ4v) is 2.81. The summed E-state index contributed by atoms with van der Waals surface area (Å²) in [6.45, 7) is 9.61. The summed E-state index contributed by atoms with van der Waals surface area (Å²) in [5, 5.41) is 8.99. The smallest absolute Gasteiger partial charge is 0.307 e. The molecule has 0 aromatic heterocycles. The van der Waals surface area contributed by atoms with E-state index in [-0.39, 0.29) is 12.0 Å². The number of carboxylic acids is 1. The van der Waals surface area contributed by atoms with Crippen LogP contribution in [0.4, 0.5) is 0 Å². The zero-order valence-corrected chi connectivity index (χ0v) is 11.3. The second-order valence-corrected chi connectivity index (χ2v) is 5.66. The van der Waals surface area contributed by atoms with Crippen molar-refractivity contribution in [2.24, 2.45) is 5.92 Å². The molecule has 5 nitrogen and oxygen atoms in total. The summed E-state index contributed by atoms with van der Waals surface area (Å²) in [4.78, 5) is 15.6. The van der Waals surface area contributed by atoms with Crippen molar-refractivity contribution in [3.63, 3.8) is 0 Å². The van der Waals surface area contributed by atoms with E-state index in [4.69, 9.17) is 9.84 Å². The second kappa shape index (κ2) is 5.99. The van der Waals surface area contributed by atoms with Crippen LogP contribution in [-0.4, -0.2) is 72.4 Å². The minimum absolute atomic E-state index is 0.185. The Morgan fingerprint density at radius 2 is 2.17 bits per heavy atom. The molecule has 0 aromatic rings. The van der Waals surface area contributed by atoms with Crippen LogP contribution in [0, 0.1) is 5.92 Å². The standard InChI is InChI=1S/C13H24N2O3/c1-10(2)15-5-6-18-12(9-15)8-14-4-3-11(7-14)13(16)17/h10-12H,3-9H2,1-2H3,(H,16,17). The third kappa shape index (κ3) is 3.43. The summed E-state index contributed by atoms with van der Waals surface area (Å²) in [6, 6.07) is 0.557. The van der Waals surface area contributed by atoms with Crippen LogP contribution in [0.5, 0.6) is 0 Å². The zero-order chi connectivity index (χ0) is 13.1. The maximum atomic E-state index is 10.9. The van der Waals surface area contributed by atoms with Gasteiger partial charge in [-0.05, 0) is 26.8 Å². The van der Waals surface area contributed by atoms with Crippen LogP contribution < -0.4 is 0 Å². The largest absolute Gasteiger partial charge is 0.481 e. The van der Waals surface area contributed by atoms with Crippen LogP contribution in [0.15, 0.2) is 0 Å². The number of rotatable bonds is 4. The Kier molecular flexibility index (Phi) is 4.59. The lowest BCUT2D eigenvalue weighted by atomic mass is 10.1. The molecular formula is C13H24N2O3. The first kappa shape index (κ1) is 13.8. The average Bonchev–Trinajstić information content (AvgIpc) is 2.78. The van der Waals surface area contributed by atoms with Gasteiger partial charge in [0.2, 0.25) is 0 Å². The lowest BCUT2D eigenvalue weighted by Crippen LogP contribution is -2.49. The Bertz CT molecular complexity index is 296. The fraction of sp³-hybridized carbons (Fsp3) is 0.923. The van der Waals surface area contributed by atoms with E-state index in [9.17, 15) is 4.79 Å². The van der Waals surface area contributed by atoms with Gasteiger partial charge in [0, 0.05) is 32.2 Å². The van der Waals surface area contributed by atoms with E-state index in [0.29, 0.717) is 12.6 Å². The Morgan fingerprint density at radius 1 is 1.39 bits per heavy atom. The number of hydrogen-bond donors (Lipinski definition) is 1. The molecular weight excluding hydrogens is 232 g/mol. The van der Waals surface area contributed by atoms with Crippen LogP contribution in [0.2, 0.25) is 0 Å². The molecule has 2 atom stereocenters. The Morgan fingerprint density at radius 3 is 2.78 bits per heavy atom. The van der Waals surface area contributed by atoms with Crippen molar-refractivity contribution in [2.75, 3.05) is 39.3 Å². The number of nitrogens with zero attached hydrogens (tertiary/aromatic N) is 2. The molecule has 0 aromatic carbocycles. The molecule has 2 heterocycles. The van der Waals surface area contributed by atoms with Gasteiger partial charge in [0.15, 0.2) is 0 Å². The fourth-order valence-electron chi connectivity index (χ4n) is 2.81. The molecule has 0 saturated carbocycles. The molecule has 104 valence electrons. The van der Waals surface area contributed by atoms with Crippen molar-refractivity contribution in [3.8, 4) is 0 Å². The summed E-state index contributed by atoms with van der Waals surface area (Å²) in [5.74, 6) is -0.847. The maximum Gasteiger partial charge on any atom is 0.307 e. The molecule has 2 aliphatic heterocycles. The summed E-state index contributed by atoms with van der Waals surface area (Å²) in [7, 11) is 0. The lowest BCUT2D eigenvalue weighted by molar-refractivity contribution is -0.141. The number of likely N-dealkylation sites (tertiary alicyclic amines) is 1. The summed E-state index contributed by atoms with van der Waals surface area (Å²) in [6.07, 6.45) is 1.00. The Hall–Kier alpha value is -0.650. The molecule has 2 rings (SSSR count). The number of carbonyl (C=O) groups is 1. The van der Waals surface area contributed by atoms with Gasteiger partial charge in [0.05, 0.1) is 18.6 Å². The predicted octanol–water partition coefficient (Wildman–Crippen LogP) is 0.502. The Balaban J connectivity index is 1.78. The first-order valence-electron chi connectivity index (χ1n) is 6.87. The molecule has 2 aliphatic rings. The van der Waals surface area contributed by atoms with Gasteiger partial charge in [-0.15, -0.1) is 0 Å². The number of hydrogen-bond acceptors (Lipinski definition) is 4. The lowest BCUT2D eigenvalue weighted by Gasteiger charge is -2.37. The molecule has 2 unspecified atom stereocenters. The number of carboxylic acid groups (broad SMARTS) is 1. The number of morpholine rings is 1. The normalized spacial score (nSPS) is 31.1. The molecule has 0 spiro atoms. The van der Waals surface area contributed by atoms with Gasteiger partial charge in [0.1, 0.15) is 0 Å². The third-order valence-corrected chi connectivity index (χ3v) is 3.98. The van der Waals surface area contributed by atoms with Crippen LogP contribution in [0.1, 0.15) is 20.3 Å². The van der Waals surface area contributed by atoms with E-state index in [2.05, 4.69) is 23.6 Å². The first-order valence-corrected chi connectivity index (χ1v) is 6.87. The molecule has 1 N–H and O–H groups in total. The third-order valence-electron chi connectivity index (χ3n) is 3.98. The maximum absolute atomic E-state index is 10.9. The zero-order valence-electron chi connectivity index (χ0n) is 11.3. The van der Waals surface area contributed by atoms with E-state index < -0.39 is 5.97 Å². The minimum atomic E-state index is -0.661. The molecule has 2 fully saturated rings. The van der Waals surface area contributed by atoms with Crippen molar-refractivity contribution in [2.45, 2.75) is 32.4 Å². The van der Waals surface area contributed by atoms with Crippen molar-refractivity contribution >= 4 is 5.97 Å². The minimum Gasteiger partial charge on any atom is -0.481 e. The van der Waals surface area contributed by atoms with Crippen molar-refractivity contribution in [1.82, 2.24) is 9.80 Å². The first-order chi connectivity index (χ1) is 8.56. The second-order valence-electron chi connectivity index (χ2n) is 5.66. The highest BCUT2D eigenvalue weighted by molar-refractivity contribution is 5.70. The highest BCUT2D eigenvalue weighted by Gasteiger charge is 2.31. The molecule has 0 amide bonds. The van der Waals surface area contributed by atoms with Gasteiger partial charge >= 0.3 is 5.97 Å². The van der Waals surface area contributed by atoms with Crippen LogP contribution in [-0.2, 0) is 9.53 Å². The molecule has 5 heteroatoms. The van der Waals surface area contributed by atoms with Crippen molar-refractivity contribution < 1.29 is 14.6 Å². The molecule has 0 bridgehead atoms. The quantitative estimate of drug-likeness (QED) is 0.794. The van der Waals surface area contributed by atoms with E-state index in [1.807, 2.05) is 0 Å². The summed E-state index contributed by atoms with van der Waals surface area (Å²) in [5.41, 5.74) is 0. The van der Waals surface area contributed by atoms with Gasteiger partial charge in [0.25, 0.3) is 0 Å². The highest BCUT2D eigenvalue weighted by atomic mass is 16.5. The van der Waals surface area contributed by atoms with Gasteiger partial charge in [-0.25, -0.2) is 0 Å². The van der Waals surface area contributed by atoms with Crippen LogP contribution in [0.25, 0.3) is 0 Å². The van der Waals surface area contributed by atoms with E-state index >= 15 is 0 Å². The van der Waals surface area contributed by atoms with E-state index in [0.717, 1.165) is 39.2 Å². The SMILES string of the molecule is CC(C)N1CCOC(CN2CCC(C(=O)O)C2)C1. The van der Waals surface area contributed by atoms with Gasteiger partial charge in [-0.1, -0.05) is 0 Å². The van der Waals surface area contributed by atoms with Gasteiger partial charge in [-0.2, -0.15) is 0 Å². The molecule has 0 aliphatic carbocycles. The highest BCUT2D eigenvalue weighted by Crippen LogP contribution is 2.18. The molecule has 18 heavy (non-hydrogen) atoms. The van der Waals surface area contributed by atoms with E-state index in [1.165, 1.54) is 0 Å². The summed E-state index contributed by atoms with van der Waals surface area (Å²) < 4.78 is 5.79. The number of ether oxygens (including phenoxy) is 1. The Labute approximate surface area is 109 Å². The van der Waals surface area contributed by atoms with Gasteiger partial charge in [-0.3, -0.25) is 14.6 Å².